The molecule has 1 unspecified atom stereocenters. The molecule has 21 heavy (non-hydrogen) atoms. The fourth-order valence-electron chi connectivity index (χ4n) is 2.30. The van der Waals surface area contributed by atoms with Gasteiger partial charge in [0.15, 0.2) is 0 Å². The molecule has 0 aromatic heterocycles. The van der Waals surface area contributed by atoms with Gasteiger partial charge in [-0.05, 0) is 49.1 Å². The number of nitrogens with one attached hydrogen (secondary N) is 1. The molecule has 0 radical (unpaired) electrons. The van der Waals surface area contributed by atoms with Gasteiger partial charge in [-0.15, -0.1) is 0 Å². The molecule has 3 heteroatoms. The predicted molar refractivity (Wildman–Crippen MR) is 90.3 cm³/mol. The highest BCUT2D eigenvalue weighted by atomic mass is 79.9. The monoisotopic (exact) mass is 345 g/mol. The van der Waals surface area contributed by atoms with Gasteiger partial charge in [-0.1, -0.05) is 52.3 Å². The molecule has 0 bridgehead atoms. The fraction of sp³-hybridized carbons (Fsp3) is 0.278. The third-order valence-corrected chi connectivity index (χ3v) is 4.41. The van der Waals surface area contributed by atoms with Crippen LogP contribution >= 0.6 is 15.9 Å². The number of carbonyl (C=O) groups is 1. The Morgan fingerprint density at radius 1 is 1.14 bits per heavy atom. The largest absolute Gasteiger partial charge is 0.349 e. The van der Waals surface area contributed by atoms with E-state index in [2.05, 4.69) is 47.2 Å². The molecule has 0 fully saturated rings. The number of hydrogen-bond acceptors (Lipinski definition) is 1. The number of aryl methyl sites for hydroxylation is 2. The molecule has 2 aromatic carbocycles. The van der Waals surface area contributed by atoms with E-state index in [1.54, 1.807) is 0 Å². The quantitative estimate of drug-likeness (QED) is 0.869. The van der Waals surface area contributed by atoms with E-state index in [0.717, 1.165) is 15.6 Å². The summed E-state index contributed by atoms with van der Waals surface area (Å²) in [6, 6.07) is 14.1. The van der Waals surface area contributed by atoms with Crippen LogP contribution in [-0.4, -0.2) is 5.91 Å². The van der Waals surface area contributed by atoms with Gasteiger partial charge in [0.2, 0.25) is 5.91 Å². The van der Waals surface area contributed by atoms with Gasteiger partial charge in [0.25, 0.3) is 0 Å². The Balaban J connectivity index is 2.01. The highest BCUT2D eigenvalue weighted by Gasteiger charge is 2.12. The number of benzene rings is 2. The van der Waals surface area contributed by atoms with Crippen LogP contribution < -0.4 is 5.32 Å². The smallest absolute Gasteiger partial charge is 0.224 e. The molecule has 0 aliphatic heterocycles. The van der Waals surface area contributed by atoms with E-state index in [1.807, 2.05) is 37.3 Å². The molecule has 2 aromatic rings. The van der Waals surface area contributed by atoms with Gasteiger partial charge in [-0.2, -0.15) is 0 Å². The van der Waals surface area contributed by atoms with E-state index in [1.165, 1.54) is 11.1 Å². The fourth-order valence-corrected chi connectivity index (χ4v) is 2.92. The van der Waals surface area contributed by atoms with E-state index in [0.29, 0.717) is 6.42 Å². The molecular formula is C18H20BrNO. The zero-order valence-corrected chi connectivity index (χ0v) is 14.2. The summed E-state index contributed by atoms with van der Waals surface area (Å²) in [7, 11) is 0. The van der Waals surface area contributed by atoms with Crippen LogP contribution in [0.4, 0.5) is 0 Å². The minimum absolute atomic E-state index is 0.0142. The Labute approximate surface area is 134 Å². The molecule has 2 rings (SSSR count). The average Bonchev–Trinajstić information content (AvgIpc) is 2.43. The lowest BCUT2D eigenvalue weighted by atomic mass is 10.0. The summed E-state index contributed by atoms with van der Waals surface area (Å²) in [6.07, 6.45) is 0.413. The van der Waals surface area contributed by atoms with E-state index in [4.69, 9.17) is 0 Å². The maximum absolute atomic E-state index is 12.2. The zero-order chi connectivity index (χ0) is 15.4. The molecule has 1 atom stereocenters. The van der Waals surface area contributed by atoms with Crippen molar-refractivity contribution >= 4 is 21.8 Å². The van der Waals surface area contributed by atoms with E-state index >= 15 is 0 Å². The molecule has 0 saturated heterocycles. The minimum atomic E-state index is -0.0142. The second-order valence-corrected chi connectivity index (χ2v) is 6.26. The molecule has 0 aliphatic rings. The lowest BCUT2D eigenvalue weighted by molar-refractivity contribution is -0.121. The van der Waals surface area contributed by atoms with Crippen LogP contribution in [0.3, 0.4) is 0 Å². The number of halogens is 1. The molecule has 1 N–H and O–H groups in total. The summed E-state index contributed by atoms with van der Waals surface area (Å²) in [5.74, 6) is 0.0431. The number of amides is 1. The van der Waals surface area contributed by atoms with Gasteiger partial charge in [0.1, 0.15) is 0 Å². The third kappa shape index (κ3) is 4.18. The summed E-state index contributed by atoms with van der Waals surface area (Å²) < 4.78 is 1.02. The van der Waals surface area contributed by atoms with E-state index in [-0.39, 0.29) is 11.9 Å². The van der Waals surface area contributed by atoms with E-state index in [9.17, 15) is 4.79 Å². The normalized spacial score (nSPS) is 12.0. The first-order chi connectivity index (χ1) is 9.97. The van der Waals surface area contributed by atoms with Crippen LogP contribution in [-0.2, 0) is 11.2 Å². The van der Waals surface area contributed by atoms with Crippen molar-refractivity contribution in [2.75, 3.05) is 0 Å². The van der Waals surface area contributed by atoms with Crippen LogP contribution in [0.15, 0.2) is 46.9 Å². The first kappa shape index (κ1) is 15.8. The summed E-state index contributed by atoms with van der Waals surface area (Å²) in [5.41, 5.74) is 4.61. The maximum atomic E-state index is 12.2. The lowest BCUT2D eigenvalue weighted by Gasteiger charge is -2.16. The van der Waals surface area contributed by atoms with Crippen molar-refractivity contribution in [3.05, 3.63) is 69.2 Å². The molecule has 110 valence electrons. The van der Waals surface area contributed by atoms with Crippen molar-refractivity contribution in [1.29, 1.82) is 0 Å². The van der Waals surface area contributed by atoms with Crippen molar-refractivity contribution in [3.63, 3.8) is 0 Å². The number of rotatable bonds is 4. The van der Waals surface area contributed by atoms with E-state index < -0.39 is 0 Å². The van der Waals surface area contributed by atoms with Crippen molar-refractivity contribution in [2.24, 2.45) is 0 Å². The lowest BCUT2D eigenvalue weighted by Crippen LogP contribution is -2.28. The number of hydrogen-bond donors (Lipinski definition) is 1. The molecule has 0 spiro atoms. The number of carbonyl (C=O) groups excluding carboxylic acids is 1. The van der Waals surface area contributed by atoms with Crippen LogP contribution in [0, 0.1) is 13.8 Å². The van der Waals surface area contributed by atoms with Gasteiger partial charge in [-0.25, -0.2) is 0 Å². The zero-order valence-electron chi connectivity index (χ0n) is 12.6. The van der Waals surface area contributed by atoms with Crippen molar-refractivity contribution in [1.82, 2.24) is 5.32 Å². The van der Waals surface area contributed by atoms with Crippen LogP contribution in [0.5, 0.6) is 0 Å². The molecular weight excluding hydrogens is 326 g/mol. The Morgan fingerprint density at radius 2 is 1.86 bits per heavy atom. The Hall–Kier alpha value is -1.61. The average molecular weight is 346 g/mol. The van der Waals surface area contributed by atoms with Crippen molar-refractivity contribution < 1.29 is 4.79 Å². The molecule has 0 heterocycles. The maximum Gasteiger partial charge on any atom is 0.224 e. The standard InChI is InChI=1S/C18H20BrNO/c1-12-8-9-15(10-13(12)2)11-18(21)20-14(3)16-6-4-5-7-17(16)19/h4-10,14H,11H2,1-3H3,(H,20,21). The second-order valence-electron chi connectivity index (χ2n) is 5.41. The summed E-state index contributed by atoms with van der Waals surface area (Å²) in [6.45, 7) is 6.15. The SMILES string of the molecule is Cc1ccc(CC(=O)NC(C)c2ccccc2Br)cc1C. The minimum Gasteiger partial charge on any atom is -0.349 e. The topological polar surface area (TPSA) is 29.1 Å². The molecule has 0 aliphatic carbocycles. The highest BCUT2D eigenvalue weighted by Crippen LogP contribution is 2.22. The Kier molecular flexibility index (Phi) is 5.18. The Morgan fingerprint density at radius 3 is 2.52 bits per heavy atom. The summed E-state index contributed by atoms with van der Waals surface area (Å²) in [4.78, 5) is 12.2. The van der Waals surface area contributed by atoms with Crippen LogP contribution in [0.2, 0.25) is 0 Å². The summed E-state index contributed by atoms with van der Waals surface area (Å²) >= 11 is 3.52. The third-order valence-electron chi connectivity index (χ3n) is 3.69. The van der Waals surface area contributed by atoms with Gasteiger partial charge in [-0.3, -0.25) is 4.79 Å². The first-order valence-electron chi connectivity index (χ1n) is 7.07. The second kappa shape index (κ2) is 6.90. The molecule has 1 amide bonds. The molecule has 2 nitrogen and oxygen atoms in total. The Bertz CT molecular complexity index is 651. The van der Waals surface area contributed by atoms with Gasteiger partial charge in [0.05, 0.1) is 12.5 Å². The first-order valence-corrected chi connectivity index (χ1v) is 7.86. The summed E-state index contributed by atoms with van der Waals surface area (Å²) in [5, 5.41) is 3.05. The molecule has 0 saturated carbocycles. The van der Waals surface area contributed by atoms with Crippen molar-refractivity contribution in [2.45, 2.75) is 33.2 Å². The van der Waals surface area contributed by atoms with Crippen LogP contribution in [0.25, 0.3) is 0 Å². The van der Waals surface area contributed by atoms with Gasteiger partial charge in [0, 0.05) is 4.47 Å². The van der Waals surface area contributed by atoms with Crippen LogP contribution in [0.1, 0.15) is 35.2 Å². The van der Waals surface area contributed by atoms with Gasteiger partial charge < -0.3 is 5.32 Å². The van der Waals surface area contributed by atoms with Crippen molar-refractivity contribution in [3.8, 4) is 0 Å². The van der Waals surface area contributed by atoms with Gasteiger partial charge >= 0.3 is 0 Å². The predicted octanol–water partition coefficient (Wildman–Crippen LogP) is 4.49. The highest BCUT2D eigenvalue weighted by molar-refractivity contribution is 9.10.